The van der Waals surface area contributed by atoms with E-state index >= 15 is 0 Å². The third-order valence-electron chi connectivity index (χ3n) is 1.74. The molecule has 0 heterocycles. The summed E-state index contributed by atoms with van der Waals surface area (Å²) >= 11 is 0. The second kappa shape index (κ2) is 16.4. The molecular weight excluding hydrogens is 512 g/mol. The predicted octanol–water partition coefficient (Wildman–Crippen LogP) is 6.70. The van der Waals surface area contributed by atoms with E-state index in [4.69, 9.17) is 20.5 Å². The average Bonchev–Trinajstić information content (AvgIpc) is 2.77. The third kappa shape index (κ3) is 52.0. The van der Waals surface area contributed by atoms with Gasteiger partial charge in [0.1, 0.15) is 0 Å². The quantitative estimate of drug-likeness (QED) is 0.170. The summed E-state index contributed by atoms with van der Waals surface area (Å²) in [6.07, 6.45) is 3.83. The van der Waals surface area contributed by atoms with Gasteiger partial charge in [-0.3, -0.25) is 4.79 Å². The van der Waals surface area contributed by atoms with Crippen molar-refractivity contribution in [2.75, 3.05) is 6.61 Å². The molecular formula is C16H22F6N3O2PRu+. The van der Waals surface area contributed by atoms with Crippen LogP contribution in [0.15, 0.2) is 0 Å². The van der Waals surface area contributed by atoms with Gasteiger partial charge in [-0.15, -0.1) is 0 Å². The molecule has 0 aromatic heterocycles. The first-order chi connectivity index (χ1) is 12.3. The van der Waals surface area contributed by atoms with Crippen molar-refractivity contribution in [1.29, 1.82) is 15.8 Å². The van der Waals surface area contributed by atoms with E-state index in [0.717, 1.165) is 11.8 Å². The summed E-state index contributed by atoms with van der Waals surface area (Å²) in [6, 6.07) is 5.25. The minimum Gasteiger partial charge on any atom is 2.00 e. The SMILES string of the molecule is CC#N.CC#N.CC#N.CCOC(=O)[C]1[CH][C](C)[CH][C]1C.F[P-](F)(F)(F)(F)F.[Ru+2]. The Morgan fingerprint density at radius 1 is 0.931 bits per heavy atom. The number of halogens is 6. The van der Waals surface area contributed by atoms with Crippen LogP contribution >= 0.6 is 7.81 Å². The van der Waals surface area contributed by atoms with Crippen molar-refractivity contribution in [3.63, 3.8) is 0 Å². The van der Waals surface area contributed by atoms with Crippen LogP contribution in [0.25, 0.3) is 0 Å². The number of rotatable bonds is 2. The van der Waals surface area contributed by atoms with Gasteiger partial charge < -0.3 is 4.74 Å². The van der Waals surface area contributed by atoms with Gasteiger partial charge in [-0.2, -0.15) is 15.8 Å². The van der Waals surface area contributed by atoms with Crippen molar-refractivity contribution in [2.45, 2.75) is 41.5 Å². The maximum absolute atomic E-state index is 11.3. The van der Waals surface area contributed by atoms with Crippen LogP contribution in [-0.4, -0.2) is 12.6 Å². The molecule has 167 valence electrons. The molecule has 0 N–H and O–H groups in total. The maximum Gasteiger partial charge on any atom is 2.00 e. The van der Waals surface area contributed by atoms with Gasteiger partial charge in [-0.05, 0) is 31.6 Å². The Labute approximate surface area is 181 Å². The number of esters is 1. The molecule has 0 aliphatic heterocycles. The zero-order valence-corrected chi connectivity index (χ0v) is 19.2. The minimum absolute atomic E-state index is 0. The first-order valence-corrected chi connectivity index (χ1v) is 9.27. The molecule has 0 amide bonds. The van der Waals surface area contributed by atoms with Crippen molar-refractivity contribution < 1.29 is 54.2 Å². The van der Waals surface area contributed by atoms with E-state index < -0.39 is 7.81 Å². The van der Waals surface area contributed by atoms with Gasteiger partial charge in [0.25, 0.3) is 0 Å². The molecule has 0 atom stereocenters. The van der Waals surface area contributed by atoms with E-state index in [9.17, 15) is 30.0 Å². The normalized spacial score (nSPS) is 15.3. The molecule has 5 radical (unpaired) electrons. The van der Waals surface area contributed by atoms with Crippen LogP contribution < -0.4 is 0 Å². The second-order valence-corrected chi connectivity index (χ2v) is 6.40. The molecule has 0 aromatic carbocycles. The van der Waals surface area contributed by atoms with Gasteiger partial charge in [0.05, 0.1) is 30.7 Å². The number of carbonyl (C=O) groups is 1. The Morgan fingerprint density at radius 2 is 1.21 bits per heavy atom. The first-order valence-electron chi connectivity index (χ1n) is 7.24. The summed E-state index contributed by atoms with van der Waals surface area (Å²) in [4.78, 5) is 11.3. The molecule has 1 rings (SSSR count). The van der Waals surface area contributed by atoms with E-state index in [1.165, 1.54) is 20.8 Å². The van der Waals surface area contributed by atoms with Crippen molar-refractivity contribution in [3.8, 4) is 18.2 Å². The fourth-order valence-electron chi connectivity index (χ4n) is 1.23. The molecule has 0 unspecified atom stereocenters. The number of ether oxygens (including phenoxy) is 1. The van der Waals surface area contributed by atoms with E-state index in [1.807, 2.05) is 33.6 Å². The molecule has 0 bridgehead atoms. The third-order valence-corrected chi connectivity index (χ3v) is 1.74. The van der Waals surface area contributed by atoms with Gasteiger partial charge in [0, 0.05) is 20.8 Å². The molecule has 5 nitrogen and oxygen atoms in total. The van der Waals surface area contributed by atoms with Crippen LogP contribution in [-0.2, 0) is 29.0 Å². The number of carbonyl (C=O) groups excluding carboxylic acids is 1. The summed E-state index contributed by atoms with van der Waals surface area (Å²) in [6.45, 7) is 10.4. The van der Waals surface area contributed by atoms with E-state index in [2.05, 4.69) is 0 Å². The van der Waals surface area contributed by atoms with Crippen LogP contribution in [0.3, 0.4) is 0 Å². The number of hydrogen-bond donors (Lipinski definition) is 0. The summed E-state index contributed by atoms with van der Waals surface area (Å²) in [7, 11) is -10.7. The predicted molar refractivity (Wildman–Crippen MR) is 93.7 cm³/mol. The first kappa shape index (κ1) is 38.2. The fourth-order valence-corrected chi connectivity index (χ4v) is 1.23. The molecule has 1 aliphatic rings. The van der Waals surface area contributed by atoms with E-state index in [-0.39, 0.29) is 25.4 Å². The average molecular weight is 534 g/mol. The Kier molecular flexibility index (Phi) is 21.6. The number of hydrogen-bond acceptors (Lipinski definition) is 5. The van der Waals surface area contributed by atoms with Crippen LogP contribution in [0.1, 0.15) is 41.5 Å². The van der Waals surface area contributed by atoms with E-state index in [1.54, 1.807) is 18.2 Å². The van der Waals surface area contributed by atoms with Crippen LogP contribution in [0.4, 0.5) is 25.2 Å². The fraction of sp³-hybridized carbons (Fsp3) is 0.438. The maximum atomic E-state index is 11.3. The minimum atomic E-state index is -10.7. The smallest absolute Gasteiger partial charge is 2.00 e. The molecule has 0 spiro atoms. The Hall–Kier alpha value is -1.43. The molecule has 0 saturated heterocycles. The van der Waals surface area contributed by atoms with Crippen molar-refractivity contribution >= 4 is 13.8 Å². The van der Waals surface area contributed by atoms with Crippen LogP contribution in [0, 0.1) is 64.6 Å². The van der Waals surface area contributed by atoms with Gasteiger partial charge in [0.15, 0.2) is 0 Å². The Balaban J connectivity index is -0.0000000968. The Morgan fingerprint density at radius 3 is 1.38 bits per heavy atom. The zero-order valence-electron chi connectivity index (χ0n) is 16.6. The zero-order chi connectivity index (χ0) is 23.7. The molecule has 1 saturated carbocycles. The van der Waals surface area contributed by atoms with Gasteiger partial charge in [0.2, 0.25) is 0 Å². The summed E-state index contributed by atoms with van der Waals surface area (Å²) < 4.78 is 64.1. The summed E-state index contributed by atoms with van der Waals surface area (Å²) in [5.74, 6) is 2.57. The van der Waals surface area contributed by atoms with Crippen molar-refractivity contribution in [1.82, 2.24) is 0 Å². The summed E-state index contributed by atoms with van der Waals surface area (Å²) in [5.41, 5.74) is 0. The molecule has 13 heteroatoms. The second-order valence-electron chi connectivity index (χ2n) is 4.48. The van der Waals surface area contributed by atoms with Crippen LogP contribution in [0.2, 0.25) is 0 Å². The standard InChI is InChI=1S/C10H13O2.3C2H3N.F6P.Ru/c1-4-12-10(11)9-6-7(2)5-8(9)3;3*1-2-3;1-7(2,3,4,5)6;/h5-6H,4H2,1-3H3;3*1H3;;/q;;;;-1;+2. The largest absolute Gasteiger partial charge is 2.00 e. The summed E-state index contributed by atoms with van der Waals surface area (Å²) in [5, 5.41) is 22.0. The number of nitrogens with zero attached hydrogens (tertiary/aromatic N) is 3. The molecule has 1 aliphatic carbocycles. The Bertz CT molecular complexity index is 528. The van der Waals surface area contributed by atoms with Crippen molar-refractivity contribution in [3.05, 3.63) is 30.6 Å². The molecule has 29 heavy (non-hydrogen) atoms. The van der Waals surface area contributed by atoms with E-state index in [0.29, 0.717) is 12.5 Å². The topological polar surface area (TPSA) is 97.7 Å². The van der Waals surface area contributed by atoms with Crippen LogP contribution in [0.5, 0.6) is 0 Å². The molecule has 0 aromatic rings. The van der Waals surface area contributed by atoms with Crippen molar-refractivity contribution in [2.24, 2.45) is 0 Å². The van der Waals surface area contributed by atoms with Gasteiger partial charge in [-0.1, -0.05) is 13.8 Å². The van der Waals surface area contributed by atoms with Gasteiger partial charge >= 0.3 is 58.4 Å². The monoisotopic (exact) mass is 535 g/mol. The molecule has 1 fully saturated rings. The number of nitriles is 3. The van der Waals surface area contributed by atoms with Gasteiger partial charge in [-0.25, -0.2) is 0 Å².